The minimum Gasteiger partial charge on any atom is -0.0895 e. The predicted octanol–water partition coefficient (Wildman–Crippen LogP) is 4.10. The van der Waals surface area contributed by atoms with E-state index in [0.29, 0.717) is 0 Å². The second kappa shape index (κ2) is 3.83. The lowest BCUT2D eigenvalue weighted by Crippen LogP contribution is -2.13. The highest BCUT2D eigenvalue weighted by Crippen LogP contribution is 2.39. The summed E-state index contributed by atoms with van der Waals surface area (Å²) >= 11 is 5.95. The van der Waals surface area contributed by atoms with Crippen molar-refractivity contribution < 1.29 is 0 Å². The highest BCUT2D eigenvalue weighted by atomic mass is 35.5. The normalized spacial score (nSPS) is 32.1. The van der Waals surface area contributed by atoms with Crippen molar-refractivity contribution >= 4 is 11.6 Å². The monoisotopic (exact) mass is 184 g/mol. The fourth-order valence-electron chi connectivity index (χ4n) is 2.68. The molecule has 0 aromatic rings. The number of halogens is 1. The highest BCUT2D eigenvalue weighted by Gasteiger charge is 2.25. The number of allylic oxidation sites excluding steroid dienone is 2. The van der Waals surface area contributed by atoms with Crippen LogP contribution in [0.3, 0.4) is 0 Å². The van der Waals surface area contributed by atoms with E-state index in [2.05, 4.69) is 6.08 Å². The van der Waals surface area contributed by atoms with Crippen LogP contribution in [-0.2, 0) is 0 Å². The molecule has 0 radical (unpaired) electrons. The van der Waals surface area contributed by atoms with Gasteiger partial charge in [0, 0.05) is 5.03 Å². The first-order valence-electron chi connectivity index (χ1n) is 5.21. The van der Waals surface area contributed by atoms with E-state index in [9.17, 15) is 0 Å². The Hall–Kier alpha value is 0.0300. The second-order valence-corrected chi connectivity index (χ2v) is 4.72. The smallest absolute Gasteiger partial charge is 0.0141 e. The Balaban J connectivity index is 1.89. The van der Waals surface area contributed by atoms with Gasteiger partial charge in [0.15, 0.2) is 0 Å². The summed E-state index contributed by atoms with van der Waals surface area (Å²) in [4.78, 5) is 0. The first-order valence-corrected chi connectivity index (χ1v) is 5.58. The van der Waals surface area contributed by atoms with Crippen molar-refractivity contribution in [3.8, 4) is 0 Å². The first-order chi connectivity index (χ1) is 5.86. The molecule has 0 amide bonds. The van der Waals surface area contributed by atoms with Crippen LogP contribution in [0.4, 0.5) is 0 Å². The lowest BCUT2D eigenvalue weighted by atomic mass is 9.82. The number of rotatable bonds is 1. The van der Waals surface area contributed by atoms with Gasteiger partial charge in [-0.3, -0.25) is 0 Å². The summed E-state index contributed by atoms with van der Waals surface area (Å²) in [7, 11) is 0. The van der Waals surface area contributed by atoms with Crippen LogP contribution in [0.2, 0.25) is 0 Å². The fourth-order valence-corrected chi connectivity index (χ4v) is 2.88. The van der Waals surface area contributed by atoms with Gasteiger partial charge in [-0.25, -0.2) is 0 Å². The molecule has 0 N–H and O–H groups in total. The van der Waals surface area contributed by atoms with E-state index in [4.69, 9.17) is 11.6 Å². The van der Waals surface area contributed by atoms with Crippen LogP contribution in [0, 0.1) is 11.8 Å². The van der Waals surface area contributed by atoms with Crippen molar-refractivity contribution in [2.75, 3.05) is 0 Å². The molecule has 1 atom stereocenters. The van der Waals surface area contributed by atoms with Gasteiger partial charge in [-0.05, 0) is 31.1 Å². The van der Waals surface area contributed by atoms with E-state index >= 15 is 0 Å². The Morgan fingerprint density at radius 2 is 1.83 bits per heavy atom. The molecule has 1 saturated carbocycles. The predicted molar refractivity (Wildman–Crippen MR) is 53.2 cm³/mol. The molecule has 12 heavy (non-hydrogen) atoms. The zero-order chi connectivity index (χ0) is 8.39. The summed E-state index contributed by atoms with van der Waals surface area (Å²) in [6.45, 7) is 0. The van der Waals surface area contributed by atoms with Gasteiger partial charge in [0.2, 0.25) is 0 Å². The van der Waals surface area contributed by atoms with Crippen LogP contribution in [0.5, 0.6) is 0 Å². The number of hydrogen-bond donors (Lipinski definition) is 0. The van der Waals surface area contributed by atoms with Gasteiger partial charge in [-0.2, -0.15) is 0 Å². The quantitative estimate of drug-likeness (QED) is 0.576. The third-order valence-electron chi connectivity index (χ3n) is 3.46. The molecule has 0 aliphatic heterocycles. The molecule has 0 bridgehead atoms. The first kappa shape index (κ1) is 8.62. The summed E-state index contributed by atoms with van der Waals surface area (Å²) in [5.74, 6) is 2.00. The van der Waals surface area contributed by atoms with Gasteiger partial charge >= 0.3 is 0 Å². The van der Waals surface area contributed by atoms with Gasteiger partial charge in [0.25, 0.3) is 0 Å². The molecule has 0 spiro atoms. The number of hydrogen-bond acceptors (Lipinski definition) is 0. The van der Waals surface area contributed by atoms with Crippen molar-refractivity contribution in [2.45, 2.75) is 44.9 Å². The lowest BCUT2D eigenvalue weighted by molar-refractivity contribution is 0.313. The minimum absolute atomic E-state index is 0.968. The van der Waals surface area contributed by atoms with E-state index in [-0.39, 0.29) is 0 Å². The third-order valence-corrected chi connectivity index (χ3v) is 3.81. The van der Waals surface area contributed by atoms with Gasteiger partial charge in [0.05, 0.1) is 0 Å². The van der Waals surface area contributed by atoms with Crippen LogP contribution in [-0.4, -0.2) is 0 Å². The SMILES string of the molecule is ClC1=CCC(C2CCCC2)CC1. The maximum atomic E-state index is 5.95. The molecule has 2 rings (SSSR count). The summed E-state index contributed by atoms with van der Waals surface area (Å²) in [5, 5.41) is 1.10. The van der Waals surface area contributed by atoms with E-state index in [0.717, 1.165) is 23.3 Å². The van der Waals surface area contributed by atoms with E-state index in [1.165, 1.54) is 38.5 Å². The molecule has 2 aliphatic carbocycles. The fraction of sp³-hybridized carbons (Fsp3) is 0.818. The Labute approximate surface area is 80.0 Å². The minimum atomic E-state index is 0.968. The molecule has 0 nitrogen and oxygen atoms in total. The molecular formula is C11H17Cl. The largest absolute Gasteiger partial charge is 0.0895 e. The topological polar surface area (TPSA) is 0 Å². The second-order valence-electron chi connectivity index (χ2n) is 4.23. The average Bonchev–Trinajstić information content (AvgIpc) is 2.58. The lowest BCUT2D eigenvalue weighted by Gasteiger charge is -2.25. The van der Waals surface area contributed by atoms with Gasteiger partial charge in [-0.1, -0.05) is 43.4 Å². The van der Waals surface area contributed by atoms with Crippen molar-refractivity contribution in [3.05, 3.63) is 11.1 Å². The van der Waals surface area contributed by atoms with Crippen LogP contribution >= 0.6 is 11.6 Å². The Kier molecular flexibility index (Phi) is 2.75. The summed E-state index contributed by atoms with van der Waals surface area (Å²) in [6, 6.07) is 0. The highest BCUT2D eigenvalue weighted by molar-refractivity contribution is 6.29. The van der Waals surface area contributed by atoms with Crippen LogP contribution < -0.4 is 0 Å². The van der Waals surface area contributed by atoms with Crippen LogP contribution in [0.1, 0.15) is 44.9 Å². The van der Waals surface area contributed by atoms with E-state index < -0.39 is 0 Å². The van der Waals surface area contributed by atoms with Crippen molar-refractivity contribution in [1.82, 2.24) is 0 Å². The summed E-state index contributed by atoms with van der Waals surface area (Å²) in [6.07, 6.45) is 11.9. The molecule has 0 heterocycles. The molecule has 1 heteroatoms. The standard InChI is InChI=1S/C11H17Cl/c12-11-7-5-10(6-8-11)9-3-1-2-4-9/h7,9-10H,1-6,8H2. The zero-order valence-corrected chi connectivity index (χ0v) is 8.32. The van der Waals surface area contributed by atoms with Crippen molar-refractivity contribution in [3.63, 3.8) is 0 Å². The van der Waals surface area contributed by atoms with Gasteiger partial charge < -0.3 is 0 Å². The van der Waals surface area contributed by atoms with Gasteiger partial charge in [0.1, 0.15) is 0 Å². The molecule has 0 aromatic heterocycles. The third kappa shape index (κ3) is 1.85. The van der Waals surface area contributed by atoms with E-state index in [1.54, 1.807) is 0 Å². The van der Waals surface area contributed by atoms with E-state index in [1.807, 2.05) is 0 Å². The zero-order valence-electron chi connectivity index (χ0n) is 7.56. The maximum absolute atomic E-state index is 5.95. The molecule has 0 aromatic carbocycles. The molecule has 0 saturated heterocycles. The van der Waals surface area contributed by atoms with Crippen molar-refractivity contribution in [2.24, 2.45) is 11.8 Å². The van der Waals surface area contributed by atoms with Gasteiger partial charge in [-0.15, -0.1) is 0 Å². The molecule has 1 unspecified atom stereocenters. The maximum Gasteiger partial charge on any atom is 0.0141 e. The average molecular weight is 185 g/mol. The molecule has 2 aliphatic rings. The summed E-state index contributed by atoms with van der Waals surface area (Å²) < 4.78 is 0. The van der Waals surface area contributed by atoms with Crippen LogP contribution in [0.25, 0.3) is 0 Å². The Morgan fingerprint density at radius 1 is 1.08 bits per heavy atom. The molecular weight excluding hydrogens is 168 g/mol. The Bertz CT molecular complexity index is 177. The van der Waals surface area contributed by atoms with Crippen LogP contribution in [0.15, 0.2) is 11.1 Å². The Morgan fingerprint density at radius 3 is 2.42 bits per heavy atom. The molecule has 1 fully saturated rings. The van der Waals surface area contributed by atoms with Crippen molar-refractivity contribution in [1.29, 1.82) is 0 Å². The summed E-state index contributed by atoms with van der Waals surface area (Å²) in [5.41, 5.74) is 0. The molecule has 68 valence electrons.